The third-order valence-corrected chi connectivity index (χ3v) is 14.3. The van der Waals surface area contributed by atoms with E-state index in [0.29, 0.717) is 96.6 Å². The molecule has 4 fully saturated rings. The van der Waals surface area contributed by atoms with Crippen LogP contribution in [0.2, 0.25) is 0 Å². The molecule has 0 aliphatic carbocycles. The zero-order chi connectivity index (χ0) is 68.4. The second-order valence-corrected chi connectivity index (χ2v) is 25.0. The molecule has 0 atom stereocenters. The number of benzene rings is 2. The maximum absolute atomic E-state index is 12.2. The molecule has 6 aliphatic heterocycles. The van der Waals surface area contributed by atoms with E-state index in [-0.39, 0.29) is 60.9 Å². The van der Waals surface area contributed by atoms with Crippen LogP contribution in [0.15, 0.2) is 48.5 Å². The number of rotatable bonds is 23. The highest BCUT2D eigenvalue weighted by molar-refractivity contribution is 6.21. The van der Waals surface area contributed by atoms with Crippen LogP contribution in [0.4, 0.5) is 14.4 Å². The predicted molar refractivity (Wildman–Crippen MR) is 341 cm³/mol. The van der Waals surface area contributed by atoms with E-state index in [1.165, 1.54) is 12.1 Å². The highest BCUT2D eigenvalue weighted by Gasteiger charge is 2.37. The molecular formula is C63H105N11O19. The van der Waals surface area contributed by atoms with Gasteiger partial charge in [0.2, 0.25) is 0 Å². The zero-order valence-corrected chi connectivity index (χ0v) is 56.2. The number of nitrogens with one attached hydrogen (secondary N) is 1. The topological polar surface area (TPSA) is 330 Å². The maximum Gasteiger partial charge on any atom is 0.410 e. The number of hydrogen-bond acceptors (Lipinski definition) is 25. The van der Waals surface area contributed by atoms with Crippen molar-refractivity contribution in [3.8, 4) is 0 Å². The second-order valence-electron chi connectivity index (χ2n) is 25.0. The molecule has 0 bridgehead atoms. The molecule has 8 rings (SSSR count). The standard InChI is InChI=1S/C21H29N3O6.C13H27N3O4.C13H26N2O4.C8H18N2O2.C8H5NO3/c1-21(2,3)30-20(27)23-10-8-22(9-11-23)12-13-28-14-15-29-24-18(25)16-6-4-5-7-17(16)19(24)26;1-13(2,3)20-12(17)16-6-4-15(5-7-16)8-9-18-10-11-19-14;1-13(2,3)19-12(17)15-6-4-14(5-7-15)8-10-18-11-9-16;11-6-8-12-7-5-10-3-1-9-2-4-10;10-7-5-3-1-2-4-6(5)8(11)9(7)12/h4-7H,8-15H2,1-3H3;4-11,14H2,1-3H3;16H,4-11H2,1-3H3;9,11H,1-8H2;1-4,12H. The van der Waals surface area contributed by atoms with Crippen molar-refractivity contribution in [2.45, 2.75) is 79.1 Å². The van der Waals surface area contributed by atoms with Crippen molar-refractivity contribution in [2.75, 3.05) is 210 Å². The van der Waals surface area contributed by atoms with Crippen molar-refractivity contribution >= 4 is 41.9 Å². The lowest BCUT2D eigenvalue weighted by Crippen LogP contribution is -2.50. The van der Waals surface area contributed by atoms with Crippen LogP contribution in [0.25, 0.3) is 0 Å². The van der Waals surface area contributed by atoms with Gasteiger partial charge in [0.15, 0.2) is 0 Å². The van der Waals surface area contributed by atoms with Gasteiger partial charge in [0.1, 0.15) is 16.8 Å². The Morgan fingerprint density at radius 3 is 1.01 bits per heavy atom. The van der Waals surface area contributed by atoms with Gasteiger partial charge < -0.3 is 68.2 Å². The van der Waals surface area contributed by atoms with Crippen LogP contribution >= 0.6 is 0 Å². The highest BCUT2D eigenvalue weighted by Crippen LogP contribution is 2.23. The lowest BCUT2D eigenvalue weighted by atomic mass is 10.1. The first-order valence-corrected chi connectivity index (χ1v) is 31.9. The van der Waals surface area contributed by atoms with Gasteiger partial charge in [0.25, 0.3) is 23.6 Å². The average molecular weight is 1320 g/mol. The number of fused-ring (bicyclic) bond motifs is 2. The number of hydrogen-bond donors (Lipinski definition) is 5. The van der Waals surface area contributed by atoms with E-state index >= 15 is 0 Å². The van der Waals surface area contributed by atoms with Crippen LogP contribution in [0.3, 0.4) is 0 Å². The van der Waals surface area contributed by atoms with Crippen LogP contribution in [0, 0.1) is 0 Å². The molecule has 93 heavy (non-hydrogen) atoms. The Kier molecular flexibility index (Phi) is 35.6. The number of nitrogens with zero attached hydrogens (tertiary/aromatic N) is 9. The summed E-state index contributed by atoms with van der Waals surface area (Å²) in [6, 6.07) is 12.9. The third kappa shape index (κ3) is 30.5. The number of nitrogens with two attached hydrogens (primary N) is 1. The number of carbonyl (C=O) groups is 7. The number of carbonyl (C=O) groups excluding carboxylic acids is 7. The summed E-state index contributed by atoms with van der Waals surface area (Å²) in [6.07, 6.45) is -0.735. The maximum atomic E-state index is 12.2. The number of ether oxygens (including phenoxy) is 7. The summed E-state index contributed by atoms with van der Waals surface area (Å²) in [4.78, 5) is 106. The smallest absolute Gasteiger partial charge is 0.410 e. The summed E-state index contributed by atoms with van der Waals surface area (Å²) in [5, 5.41) is 30.2. The minimum atomic E-state index is -0.657. The van der Waals surface area contributed by atoms with Gasteiger partial charge in [0.05, 0.1) is 102 Å². The monoisotopic (exact) mass is 1320 g/mol. The molecule has 0 saturated carbocycles. The lowest BCUT2D eigenvalue weighted by molar-refractivity contribution is -0.106. The predicted octanol–water partition coefficient (Wildman–Crippen LogP) is 2.35. The first-order valence-electron chi connectivity index (χ1n) is 31.9. The Morgan fingerprint density at radius 1 is 0.419 bits per heavy atom. The molecule has 2 aromatic rings. The van der Waals surface area contributed by atoms with Crippen molar-refractivity contribution in [1.29, 1.82) is 0 Å². The minimum Gasteiger partial charge on any atom is -0.444 e. The van der Waals surface area contributed by atoms with Crippen molar-refractivity contribution in [3.63, 3.8) is 0 Å². The van der Waals surface area contributed by atoms with E-state index in [9.17, 15) is 33.6 Å². The van der Waals surface area contributed by atoms with Crippen LogP contribution < -0.4 is 11.2 Å². The van der Waals surface area contributed by atoms with E-state index in [2.05, 4.69) is 29.8 Å². The van der Waals surface area contributed by atoms with E-state index in [1.807, 2.05) is 62.3 Å². The molecule has 2 aromatic carbocycles. The largest absolute Gasteiger partial charge is 0.444 e. The summed E-state index contributed by atoms with van der Waals surface area (Å²) in [6.45, 7) is 38.4. The third-order valence-electron chi connectivity index (χ3n) is 14.3. The normalized spacial score (nSPS) is 17.5. The van der Waals surface area contributed by atoms with Crippen LogP contribution in [0.1, 0.15) is 104 Å². The molecule has 30 heteroatoms. The molecule has 30 nitrogen and oxygen atoms in total. The molecule has 4 saturated heterocycles. The van der Waals surface area contributed by atoms with Gasteiger partial charge in [-0.3, -0.25) is 48.8 Å². The summed E-state index contributed by atoms with van der Waals surface area (Å²) in [5.74, 6) is 2.70. The number of piperazine rings is 4. The first kappa shape index (κ1) is 79.4. The lowest BCUT2D eigenvalue weighted by Gasteiger charge is -2.35. The number of hydroxylamine groups is 4. The van der Waals surface area contributed by atoms with E-state index in [1.54, 1.807) is 51.1 Å². The Morgan fingerprint density at radius 2 is 0.710 bits per heavy atom. The molecule has 526 valence electrons. The quantitative estimate of drug-likeness (QED) is 0.0350. The fraction of sp³-hybridized carbons (Fsp3) is 0.698. The molecule has 6 heterocycles. The van der Waals surface area contributed by atoms with Gasteiger partial charge in [0, 0.05) is 131 Å². The van der Waals surface area contributed by atoms with E-state index in [4.69, 9.17) is 59.3 Å². The van der Waals surface area contributed by atoms with Crippen molar-refractivity contribution in [1.82, 2.24) is 49.7 Å². The van der Waals surface area contributed by atoms with Gasteiger partial charge in [-0.05, 0) is 86.6 Å². The highest BCUT2D eigenvalue weighted by atomic mass is 16.7. The molecule has 0 radical (unpaired) electrons. The Labute approximate surface area is 547 Å². The van der Waals surface area contributed by atoms with Crippen LogP contribution in [0.5, 0.6) is 0 Å². The van der Waals surface area contributed by atoms with Crippen LogP contribution in [-0.2, 0) is 42.8 Å². The Bertz CT molecular complexity index is 2490. The number of aliphatic hydroxyl groups is 2. The van der Waals surface area contributed by atoms with E-state index in [0.717, 1.165) is 103 Å². The molecular weight excluding hydrogens is 1210 g/mol. The summed E-state index contributed by atoms with van der Waals surface area (Å²) in [7, 11) is 0. The summed E-state index contributed by atoms with van der Waals surface area (Å²) >= 11 is 0. The molecule has 7 amide bonds. The van der Waals surface area contributed by atoms with E-state index < -0.39 is 40.4 Å². The molecule has 0 spiro atoms. The first-order chi connectivity index (χ1) is 44.2. The molecule has 6 N–H and O–H groups in total. The van der Waals surface area contributed by atoms with Gasteiger partial charge in [-0.25, -0.2) is 20.3 Å². The zero-order valence-electron chi connectivity index (χ0n) is 56.2. The average Bonchev–Trinajstić information content (AvgIpc) is 1.67. The van der Waals surface area contributed by atoms with Gasteiger partial charge >= 0.3 is 18.3 Å². The van der Waals surface area contributed by atoms with Crippen molar-refractivity contribution in [3.05, 3.63) is 70.8 Å². The van der Waals surface area contributed by atoms with Crippen molar-refractivity contribution < 1.29 is 91.8 Å². The summed E-state index contributed by atoms with van der Waals surface area (Å²) in [5.41, 5.74) is -0.144. The van der Waals surface area contributed by atoms with Gasteiger partial charge in [-0.15, -0.1) is 10.1 Å². The SMILES string of the molecule is CC(C)(C)OC(=O)N1CCN(CCOCCO)CC1.CC(C)(C)OC(=O)N1CCN(CCOCCON)CC1.CC(C)(C)OC(=O)N1CCN(CCOCCON2C(=O)c3ccccc3C2=O)CC1.O=C1c2ccccc2C(=O)N1O.OCCOCCN1CCNCC1. The Balaban J connectivity index is 0.000000259. The number of amides is 7. The molecule has 6 aliphatic rings. The summed E-state index contributed by atoms with van der Waals surface area (Å²) < 4.78 is 37.4. The molecule has 0 unspecified atom stereocenters. The Hall–Kier alpha value is -6.07. The molecule has 0 aromatic heterocycles. The number of imide groups is 2. The fourth-order valence-electron chi connectivity index (χ4n) is 9.44. The van der Waals surface area contributed by atoms with Crippen LogP contribution in [-0.4, -0.2) is 329 Å². The van der Waals surface area contributed by atoms with Crippen molar-refractivity contribution in [2.24, 2.45) is 5.90 Å². The second kappa shape index (κ2) is 41.7. The number of aliphatic hydroxyl groups excluding tert-OH is 2. The van der Waals surface area contributed by atoms with Gasteiger partial charge in [-0.1, -0.05) is 24.3 Å². The fourth-order valence-corrected chi connectivity index (χ4v) is 9.44. The van der Waals surface area contributed by atoms with Gasteiger partial charge in [-0.2, -0.15) is 0 Å². The minimum absolute atomic E-state index is 0.0619.